The molecule has 0 radical (unpaired) electrons. The van der Waals surface area contributed by atoms with E-state index in [2.05, 4.69) is 23.9 Å². The first kappa shape index (κ1) is 18.7. The molecule has 1 saturated heterocycles. The van der Waals surface area contributed by atoms with E-state index in [1.165, 1.54) is 0 Å². The summed E-state index contributed by atoms with van der Waals surface area (Å²) >= 11 is 0. The second kappa shape index (κ2) is 7.98. The lowest BCUT2D eigenvalue weighted by Gasteiger charge is -2.33. The molecule has 1 aromatic rings. The fourth-order valence-electron chi connectivity index (χ4n) is 2.54. The van der Waals surface area contributed by atoms with Gasteiger partial charge in [0.15, 0.2) is 0 Å². The number of sulfonamides is 1. The first-order valence-corrected chi connectivity index (χ1v) is 9.90. The van der Waals surface area contributed by atoms with Crippen LogP contribution in [0.2, 0.25) is 0 Å². The Morgan fingerprint density at radius 1 is 1.12 bits per heavy atom. The van der Waals surface area contributed by atoms with Gasteiger partial charge in [-0.15, -0.1) is 0 Å². The zero-order valence-electron chi connectivity index (χ0n) is 14.5. The van der Waals surface area contributed by atoms with Crippen LogP contribution in [0.5, 0.6) is 0 Å². The second-order valence-electron chi connectivity index (χ2n) is 6.68. The number of rotatable bonds is 5. The molecule has 24 heavy (non-hydrogen) atoms. The minimum Gasteiger partial charge on any atom is -0.335 e. The van der Waals surface area contributed by atoms with E-state index in [4.69, 9.17) is 0 Å². The highest BCUT2D eigenvalue weighted by molar-refractivity contribution is 7.89. The number of hydrogen-bond acceptors (Lipinski definition) is 3. The molecule has 0 bridgehead atoms. The van der Waals surface area contributed by atoms with Crippen LogP contribution in [0.25, 0.3) is 0 Å². The number of nitrogens with one attached hydrogen (secondary N) is 2. The number of likely N-dealkylation sites (tertiary alicyclic amines) is 1. The molecule has 1 aromatic carbocycles. The highest BCUT2D eigenvalue weighted by Gasteiger charge is 2.27. The summed E-state index contributed by atoms with van der Waals surface area (Å²) in [5.41, 5.74) is 0. The predicted octanol–water partition coefficient (Wildman–Crippen LogP) is 2.18. The Hall–Kier alpha value is -1.60. The summed E-state index contributed by atoms with van der Waals surface area (Å²) in [5, 5.41) is 2.99. The van der Waals surface area contributed by atoms with Crippen molar-refractivity contribution in [1.82, 2.24) is 14.9 Å². The number of amides is 2. The van der Waals surface area contributed by atoms with E-state index in [1.54, 1.807) is 35.2 Å². The summed E-state index contributed by atoms with van der Waals surface area (Å²) in [6, 6.07) is 8.27. The highest BCUT2D eigenvalue weighted by atomic mass is 32.2. The van der Waals surface area contributed by atoms with Gasteiger partial charge in [0.2, 0.25) is 10.0 Å². The van der Waals surface area contributed by atoms with Gasteiger partial charge >= 0.3 is 6.03 Å². The third-order valence-electron chi connectivity index (χ3n) is 4.51. The molecule has 1 fully saturated rings. The van der Waals surface area contributed by atoms with Crippen LogP contribution in [0, 0.1) is 5.92 Å². The number of benzene rings is 1. The first-order chi connectivity index (χ1) is 11.3. The Bertz CT molecular complexity index is 638. The molecule has 134 valence electrons. The van der Waals surface area contributed by atoms with E-state index in [0.717, 1.165) is 0 Å². The van der Waals surface area contributed by atoms with Crippen molar-refractivity contribution in [2.45, 2.75) is 50.6 Å². The van der Waals surface area contributed by atoms with Crippen molar-refractivity contribution in [3.8, 4) is 0 Å². The molecule has 1 aliphatic heterocycles. The third-order valence-corrected chi connectivity index (χ3v) is 6.05. The van der Waals surface area contributed by atoms with Crippen LogP contribution >= 0.6 is 0 Å². The monoisotopic (exact) mass is 353 g/mol. The smallest absolute Gasteiger partial charge is 0.317 e. The molecule has 1 aliphatic rings. The van der Waals surface area contributed by atoms with Gasteiger partial charge in [0.1, 0.15) is 0 Å². The maximum absolute atomic E-state index is 12.3. The quantitative estimate of drug-likeness (QED) is 0.852. The number of hydrogen-bond donors (Lipinski definition) is 2. The lowest BCUT2D eigenvalue weighted by Crippen LogP contribution is -2.51. The van der Waals surface area contributed by atoms with E-state index in [-0.39, 0.29) is 23.0 Å². The van der Waals surface area contributed by atoms with Crippen LogP contribution in [0.4, 0.5) is 4.79 Å². The number of piperidine rings is 1. The standard InChI is InChI=1S/C17H27N3O3S/c1-13(2)14(3)18-17(21)20-11-9-15(10-12-20)19-24(22,23)16-7-5-4-6-8-16/h4-8,13-15,19H,9-12H2,1-3H3,(H,18,21). The topological polar surface area (TPSA) is 78.5 Å². The molecule has 2 N–H and O–H groups in total. The molecule has 0 saturated carbocycles. The van der Waals surface area contributed by atoms with Crippen molar-refractivity contribution in [3.05, 3.63) is 30.3 Å². The molecule has 0 aliphatic carbocycles. The molecule has 1 heterocycles. The van der Waals surface area contributed by atoms with Crippen molar-refractivity contribution >= 4 is 16.1 Å². The Balaban J connectivity index is 1.86. The molecule has 6 nitrogen and oxygen atoms in total. The average molecular weight is 353 g/mol. The zero-order chi connectivity index (χ0) is 17.7. The number of carbonyl (C=O) groups excluding carboxylic acids is 1. The van der Waals surface area contributed by atoms with Gasteiger partial charge in [0, 0.05) is 25.2 Å². The SMILES string of the molecule is CC(C)C(C)NC(=O)N1CCC(NS(=O)(=O)c2ccccc2)CC1. The Kier molecular flexibility index (Phi) is 6.23. The van der Waals surface area contributed by atoms with Crippen LogP contribution in [-0.2, 0) is 10.0 Å². The molecular formula is C17H27N3O3S. The van der Waals surface area contributed by atoms with Crippen molar-refractivity contribution in [2.24, 2.45) is 5.92 Å². The van der Waals surface area contributed by atoms with Crippen LogP contribution in [-0.4, -0.2) is 44.5 Å². The minimum atomic E-state index is -3.50. The van der Waals surface area contributed by atoms with Crippen LogP contribution in [0.15, 0.2) is 35.2 Å². The maximum atomic E-state index is 12.3. The Morgan fingerprint density at radius 2 is 1.71 bits per heavy atom. The molecule has 0 aromatic heterocycles. The van der Waals surface area contributed by atoms with E-state index in [1.807, 2.05) is 6.92 Å². The summed E-state index contributed by atoms with van der Waals surface area (Å²) in [6.07, 6.45) is 1.24. The highest BCUT2D eigenvalue weighted by Crippen LogP contribution is 2.15. The van der Waals surface area contributed by atoms with Gasteiger partial charge in [-0.2, -0.15) is 0 Å². The van der Waals surface area contributed by atoms with Crippen molar-refractivity contribution in [1.29, 1.82) is 0 Å². The normalized spacial score (nSPS) is 17.8. The van der Waals surface area contributed by atoms with E-state index in [9.17, 15) is 13.2 Å². The van der Waals surface area contributed by atoms with Crippen LogP contribution < -0.4 is 10.0 Å². The summed E-state index contributed by atoms with van der Waals surface area (Å²) in [6.45, 7) is 7.23. The fraction of sp³-hybridized carbons (Fsp3) is 0.588. The molecule has 7 heteroatoms. The van der Waals surface area contributed by atoms with Gasteiger partial charge in [-0.3, -0.25) is 0 Å². The molecule has 2 amide bonds. The summed E-state index contributed by atoms with van der Waals surface area (Å²) in [5.74, 6) is 0.379. The van der Waals surface area contributed by atoms with Gasteiger partial charge in [0.25, 0.3) is 0 Å². The molecule has 1 unspecified atom stereocenters. The van der Waals surface area contributed by atoms with Gasteiger partial charge in [-0.05, 0) is 37.8 Å². The third kappa shape index (κ3) is 4.95. The van der Waals surface area contributed by atoms with E-state index >= 15 is 0 Å². The first-order valence-electron chi connectivity index (χ1n) is 8.42. The van der Waals surface area contributed by atoms with Gasteiger partial charge in [0.05, 0.1) is 4.90 Å². The number of urea groups is 1. The second-order valence-corrected chi connectivity index (χ2v) is 8.39. The molecule has 2 rings (SSSR count). The zero-order valence-corrected chi connectivity index (χ0v) is 15.3. The van der Waals surface area contributed by atoms with Gasteiger partial charge in [-0.25, -0.2) is 17.9 Å². The summed E-state index contributed by atoms with van der Waals surface area (Å²) < 4.78 is 27.4. The lowest BCUT2D eigenvalue weighted by molar-refractivity contribution is 0.174. The Morgan fingerprint density at radius 3 is 2.25 bits per heavy atom. The van der Waals surface area contributed by atoms with Crippen LogP contribution in [0.1, 0.15) is 33.6 Å². The Labute approximate surface area is 144 Å². The minimum absolute atomic E-state index is 0.0689. The van der Waals surface area contributed by atoms with Crippen molar-refractivity contribution < 1.29 is 13.2 Å². The van der Waals surface area contributed by atoms with Crippen molar-refractivity contribution in [3.63, 3.8) is 0 Å². The van der Waals surface area contributed by atoms with E-state index < -0.39 is 10.0 Å². The molecule has 0 spiro atoms. The fourth-order valence-corrected chi connectivity index (χ4v) is 3.87. The largest absolute Gasteiger partial charge is 0.335 e. The summed E-state index contributed by atoms with van der Waals surface area (Å²) in [7, 11) is -3.50. The maximum Gasteiger partial charge on any atom is 0.317 e. The number of carbonyl (C=O) groups is 1. The summed E-state index contributed by atoms with van der Waals surface area (Å²) in [4.78, 5) is 14.2. The van der Waals surface area contributed by atoms with Crippen molar-refractivity contribution in [2.75, 3.05) is 13.1 Å². The molecular weight excluding hydrogens is 326 g/mol. The lowest BCUT2D eigenvalue weighted by atomic mass is 10.1. The van der Waals surface area contributed by atoms with Gasteiger partial charge in [-0.1, -0.05) is 32.0 Å². The average Bonchev–Trinajstić information content (AvgIpc) is 2.55. The van der Waals surface area contributed by atoms with Gasteiger partial charge < -0.3 is 10.2 Å². The van der Waals surface area contributed by atoms with E-state index in [0.29, 0.717) is 31.8 Å². The number of nitrogens with zero attached hydrogens (tertiary/aromatic N) is 1. The molecule has 1 atom stereocenters. The van der Waals surface area contributed by atoms with Crippen LogP contribution in [0.3, 0.4) is 0 Å². The predicted molar refractivity (Wildman–Crippen MR) is 94.2 cm³/mol.